The van der Waals surface area contributed by atoms with Crippen LogP contribution in [0.2, 0.25) is 0 Å². The summed E-state index contributed by atoms with van der Waals surface area (Å²) in [6, 6.07) is 0. The van der Waals surface area contributed by atoms with E-state index >= 15 is 0 Å². The van der Waals surface area contributed by atoms with Crippen molar-refractivity contribution in [2.45, 2.75) is 12.6 Å². The number of alkyl halides is 3. The van der Waals surface area contributed by atoms with Gasteiger partial charge in [0.05, 0.1) is 11.7 Å². The number of hydrogen-bond acceptors (Lipinski definition) is 2. The van der Waals surface area contributed by atoms with Gasteiger partial charge in [-0.05, 0) is 18.6 Å². The summed E-state index contributed by atoms with van der Waals surface area (Å²) in [5, 5.41) is 0. The lowest BCUT2D eigenvalue weighted by Gasteiger charge is -2.20. The Morgan fingerprint density at radius 3 is 2.56 bits per heavy atom. The maximum atomic E-state index is 12.7. The molecule has 2 rings (SSSR count). The van der Waals surface area contributed by atoms with Crippen molar-refractivity contribution in [1.29, 1.82) is 0 Å². The van der Waals surface area contributed by atoms with Crippen molar-refractivity contribution in [2.24, 2.45) is 5.92 Å². The predicted octanol–water partition coefficient (Wildman–Crippen LogP) is 2.21. The van der Waals surface area contributed by atoms with Gasteiger partial charge < -0.3 is 0 Å². The topological polar surface area (TPSA) is 37.4 Å². The zero-order valence-electron chi connectivity index (χ0n) is 9.39. The van der Waals surface area contributed by atoms with Gasteiger partial charge in [0.25, 0.3) is 0 Å². The molecule has 0 amide bonds. The first kappa shape index (κ1) is 13.2. The van der Waals surface area contributed by atoms with E-state index in [0.29, 0.717) is 6.42 Å². The molecule has 0 bridgehead atoms. The van der Waals surface area contributed by atoms with E-state index in [1.165, 1.54) is 18.2 Å². The van der Waals surface area contributed by atoms with Crippen LogP contribution >= 0.6 is 0 Å². The van der Waals surface area contributed by atoms with Crippen molar-refractivity contribution in [3.8, 4) is 0 Å². The van der Waals surface area contributed by atoms with Gasteiger partial charge in [0.1, 0.15) is 0 Å². The minimum Gasteiger partial charge on any atom is -0.271 e. The largest absolute Gasteiger partial charge is 0.398 e. The molecule has 3 nitrogen and oxygen atoms in total. The Morgan fingerprint density at radius 1 is 1.28 bits per heavy atom. The summed E-state index contributed by atoms with van der Waals surface area (Å²) < 4.78 is 62.5. The van der Waals surface area contributed by atoms with Crippen LogP contribution in [0, 0.1) is 5.92 Å². The zero-order valence-corrected chi connectivity index (χ0v) is 10.2. The second-order valence-electron chi connectivity index (χ2n) is 4.14. The van der Waals surface area contributed by atoms with Crippen LogP contribution in [-0.4, -0.2) is 31.2 Å². The van der Waals surface area contributed by atoms with Crippen LogP contribution in [0.5, 0.6) is 0 Å². The maximum Gasteiger partial charge on any atom is 0.398 e. The molecular weight excluding hydrogens is 267 g/mol. The second-order valence-corrected chi connectivity index (χ2v) is 6.16. The molecule has 1 atom stereocenters. The number of hydrogen-bond donors (Lipinski definition) is 0. The highest BCUT2D eigenvalue weighted by molar-refractivity contribution is 7.89. The van der Waals surface area contributed by atoms with Gasteiger partial charge >= 0.3 is 6.18 Å². The third-order valence-electron chi connectivity index (χ3n) is 2.81. The Bertz CT molecular complexity index is 517. The summed E-state index contributed by atoms with van der Waals surface area (Å²) >= 11 is 0. The minimum atomic E-state index is -4.41. The predicted molar refractivity (Wildman–Crippen MR) is 61.0 cm³/mol. The molecule has 1 saturated heterocycles. The van der Waals surface area contributed by atoms with Gasteiger partial charge in [0.2, 0.25) is 10.0 Å². The van der Waals surface area contributed by atoms with Crippen LogP contribution in [0.1, 0.15) is 6.42 Å². The van der Waals surface area contributed by atoms with Crippen molar-refractivity contribution in [2.75, 3.05) is 12.3 Å². The minimum absolute atomic E-state index is 0.0116. The first-order valence-electron chi connectivity index (χ1n) is 5.44. The van der Waals surface area contributed by atoms with Gasteiger partial charge in [-0.15, -0.1) is 0 Å². The van der Waals surface area contributed by atoms with Gasteiger partial charge in [-0.2, -0.15) is 13.2 Å². The average Bonchev–Trinajstić information content (AvgIpc) is 2.50. The lowest BCUT2D eigenvalue weighted by atomic mass is 10.1. The molecule has 1 heterocycles. The summed E-state index contributed by atoms with van der Waals surface area (Å²) in [4.78, 5) is 0. The highest BCUT2D eigenvalue weighted by atomic mass is 32.2. The highest BCUT2D eigenvalue weighted by Crippen LogP contribution is 2.32. The van der Waals surface area contributed by atoms with Gasteiger partial charge in [-0.3, -0.25) is 4.31 Å². The van der Waals surface area contributed by atoms with E-state index < -0.39 is 22.1 Å². The van der Waals surface area contributed by atoms with Crippen LogP contribution in [0.25, 0.3) is 0 Å². The van der Waals surface area contributed by atoms with Gasteiger partial charge in [-0.1, -0.05) is 18.2 Å². The Hall–Kier alpha value is -1.24. The van der Waals surface area contributed by atoms with E-state index in [0.717, 1.165) is 16.5 Å². The first-order valence-corrected chi connectivity index (χ1v) is 7.05. The number of allylic oxidation sites excluding steroid dienone is 5. The fourth-order valence-electron chi connectivity index (χ4n) is 1.93. The van der Waals surface area contributed by atoms with Crippen molar-refractivity contribution in [3.05, 3.63) is 36.1 Å². The molecular formula is C11H12F3NO2S. The molecule has 1 aliphatic heterocycles. The zero-order chi connectivity index (χ0) is 13.4. The van der Waals surface area contributed by atoms with Crippen molar-refractivity contribution in [1.82, 2.24) is 4.31 Å². The third kappa shape index (κ3) is 2.60. The molecule has 1 fully saturated rings. The molecule has 7 heteroatoms. The van der Waals surface area contributed by atoms with E-state index in [4.69, 9.17) is 0 Å². The van der Waals surface area contributed by atoms with Gasteiger partial charge in [0, 0.05) is 12.2 Å². The Morgan fingerprint density at radius 2 is 2.00 bits per heavy atom. The van der Waals surface area contributed by atoms with Crippen molar-refractivity contribution >= 4 is 10.0 Å². The number of nitrogens with zero attached hydrogens (tertiary/aromatic N) is 1. The summed E-state index contributed by atoms with van der Waals surface area (Å²) in [6.07, 6.45) is 2.09. The quantitative estimate of drug-likeness (QED) is 0.738. The van der Waals surface area contributed by atoms with E-state index in [2.05, 4.69) is 0 Å². The molecule has 0 radical (unpaired) electrons. The van der Waals surface area contributed by atoms with Crippen LogP contribution in [0.15, 0.2) is 36.1 Å². The summed E-state index contributed by atoms with van der Waals surface area (Å²) in [5.41, 5.74) is 0.0971. The highest BCUT2D eigenvalue weighted by Gasteiger charge is 2.38. The van der Waals surface area contributed by atoms with E-state index in [1.54, 1.807) is 0 Å². The molecule has 0 spiro atoms. The average molecular weight is 279 g/mol. The molecule has 0 aromatic carbocycles. The van der Waals surface area contributed by atoms with E-state index in [9.17, 15) is 21.6 Å². The molecule has 18 heavy (non-hydrogen) atoms. The van der Waals surface area contributed by atoms with Crippen LogP contribution in [0.3, 0.4) is 0 Å². The van der Waals surface area contributed by atoms with Crippen LogP contribution in [-0.2, 0) is 10.0 Å². The molecule has 0 aromatic rings. The molecule has 1 unspecified atom stereocenters. The third-order valence-corrected chi connectivity index (χ3v) is 4.68. The molecule has 0 N–H and O–H groups in total. The van der Waals surface area contributed by atoms with Crippen LogP contribution in [0.4, 0.5) is 13.2 Å². The van der Waals surface area contributed by atoms with Crippen molar-refractivity contribution in [3.63, 3.8) is 0 Å². The molecule has 0 aromatic heterocycles. The fourth-order valence-corrected chi connectivity index (χ4v) is 3.50. The monoisotopic (exact) mass is 279 g/mol. The Labute approximate surface area is 103 Å². The van der Waals surface area contributed by atoms with E-state index in [-0.39, 0.29) is 18.0 Å². The number of sulfonamides is 1. The normalized spacial score (nSPS) is 27.2. The standard InChI is InChI=1S/C11H12F3NO2S/c12-11(13,14)9-4-1-2-5-10(8-9)15-6-3-7-18(15,16)17/h1-2,4-5,8-9H,3,6-7H2. The lowest BCUT2D eigenvalue weighted by molar-refractivity contribution is -0.149. The molecule has 2 aliphatic rings. The summed E-state index contributed by atoms with van der Waals surface area (Å²) in [6.45, 7) is 0.239. The van der Waals surface area contributed by atoms with Gasteiger partial charge in [-0.25, -0.2) is 8.42 Å². The fraction of sp³-hybridized carbons (Fsp3) is 0.455. The lowest BCUT2D eigenvalue weighted by Crippen LogP contribution is -2.26. The van der Waals surface area contributed by atoms with Gasteiger partial charge in [0.15, 0.2) is 0 Å². The van der Waals surface area contributed by atoms with Crippen LogP contribution < -0.4 is 0 Å². The Kier molecular flexibility index (Phi) is 3.27. The molecule has 1 aliphatic carbocycles. The smallest absolute Gasteiger partial charge is 0.271 e. The Balaban J connectivity index is 2.35. The second kappa shape index (κ2) is 4.46. The molecule has 0 saturated carbocycles. The van der Waals surface area contributed by atoms with Crippen molar-refractivity contribution < 1.29 is 21.6 Å². The number of rotatable bonds is 1. The maximum absolute atomic E-state index is 12.7. The first-order chi connectivity index (χ1) is 8.31. The van der Waals surface area contributed by atoms with E-state index in [1.807, 2.05) is 0 Å². The molecule has 100 valence electrons. The SMILES string of the molecule is O=S1(=O)CCCN1C1=CC(C(F)(F)F)C=CC=C1. The summed E-state index contributed by atoms with van der Waals surface area (Å²) in [5.74, 6) is -1.76. The number of halogens is 3. The summed E-state index contributed by atoms with van der Waals surface area (Å²) in [7, 11) is -3.45.